The number of benzene rings is 2. The van der Waals surface area contributed by atoms with E-state index in [4.69, 9.17) is 0 Å². The zero-order valence-corrected chi connectivity index (χ0v) is 20.0. The smallest absolute Gasteiger partial charge is 1.00 e. The van der Waals surface area contributed by atoms with E-state index >= 15 is 0 Å². The molecule has 4 aromatic rings. The molecule has 27 heavy (non-hydrogen) atoms. The van der Waals surface area contributed by atoms with Crippen LogP contribution >= 0.6 is 0 Å². The monoisotopic (exact) mass is 474 g/mol. The number of hydrogen-bond acceptors (Lipinski definition) is 0. The predicted molar refractivity (Wildman–Crippen MR) is 109 cm³/mol. The number of rotatable bonds is 2. The largest absolute Gasteiger partial charge is 4.00 e. The van der Waals surface area contributed by atoms with Crippen molar-refractivity contribution < 1.29 is 51.0 Å². The van der Waals surface area contributed by atoms with Crippen LogP contribution in [0.3, 0.4) is 0 Å². The first-order chi connectivity index (χ1) is 11.8. The van der Waals surface area contributed by atoms with E-state index < -0.39 is 0 Å². The van der Waals surface area contributed by atoms with Gasteiger partial charge in [-0.2, -0.15) is 12.1 Å². The molecule has 140 valence electrons. The Morgan fingerprint density at radius 3 is 1.30 bits per heavy atom. The van der Waals surface area contributed by atoms with Crippen LogP contribution in [0.1, 0.15) is 25.0 Å². The number of hydrogen-bond donors (Lipinski definition) is 0. The molecule has 4 aromatic carbocycles. The fourth-order valence-corrected chi connectivity index (χ4v) is 2.84. The Hall–Kier alpha value is -1.14. The summed E-state index contributed by atoms with van der Waals surface area (Å²) in [5.74, 6) is 0. The van der Waals surface area contributed by atoms with Gasteiger partial charge in [0.25, 0.3) is 0 Å². The molecule has 0 radical (unpaired) electrons. The molecule has 0 bridgehead atoms. The summed E-state index contributed by atoms with van der Waals surface area (Å²) in [5, 5.41) is 5.46. The van der Waals surface area contributed by atoms with E-state index in [0.29, 0.717) is 0 Å². The first-order valence-electron chi connectivity index (χ1n) is 8.59. The van der Waals surface area contributed by atoms with E-state index in [9.17, 15) is 0 Å². The van der Waals surface area contributed by atoms with Gasteiger partial charge in [-0.25, -0.2) is 0 Å². The molecule has 0 aliphatic carbocycles. The summed E-state index contributed by atoms with van der Waals surface area (Å²) in [6, 6.07) is 26.0. The third-order valence-corrected chi connectivity index (χ3v) is 4.17. The van der Waals surface area contributed by atoms with E-state index in [1.54, 1.807) is 0 Å². The summed E-state index contributed by atoms with van der Waals surface area (Å²) in [6.07, 6.45) is 2.27. The average molecular weight is 477 g/mol. The van der Waals surface area contributed by atoms with Gasteiger partial charge in [0.2, 0.25) is 0 Å². The molecule has 0 N–H and O–H groups in total. The first kappa shape index (κ1) is 28.1. The van der Waals surface area contributed by atoms with E-state index in [-0.39, 0.29) is 51.0 Å². The van der Waals surface area contributed by atoms with Gasteiger partial charge in [0.05, 0.1) is 0 Å². The van der Waals surface area contributed by atoms with Gasteiger partial charge in [-0.1, -0.05) is 26.0 Å². The second-order valence-electron chi connectivity index (χ2n) is 5.69. The van der Waals surface area contributed by atoms with Crippen LogP contribution < -0.4 is 24.8 Å². The summed E-state index contributed by atoms with van der Waals surface area (Å²) in [6.45, 7) is 10.4. The minimum absolute atomic E-state index is 0. The van der Waals surface area contributed by atoms with Gasteiger partial charge >= 0.3 is 26.2 Å². The minimum Gasteiger partial charge on any atom is -1.00 e. The van der Waals surface area contributed by atoms with Crippen LogP contribution in [-0.4, -0.2) is 0 Å². The molecule has 0 aromatic heterocycles. The Morgan fingerprint density at radius 2 is 1.00 bits per heavy atom. The van der Waals surface area contributed by atoms with Gasteiger partial charge in [-0.05, 0) is 12.8 Å². The van der Waals surface area contributed by atoms with Crippen LogP contribution in [0, 0.1) is 0 Å². The van der Waals surface area contributed by atoms with Gasteiger partial charge in [0.1, 0.15) is 0 Å². The number of aryl methyl sites for hydroxylation is 2. The molecule has 0 saturated carbocycles. The standard InChI is InChI=1S/2C11H11.C2H4.2ClH.Zr/c2*1-2-9-7-10-5-3-4-6-11(10)8-9;1-2;;;/h2*3-8H,2H2,1H3;1-2H2;2*1H;/q2*-1;;;;+4/p-2. The SMILES string of the molecule is C=C.CCc1cc2ccccc2[cH-]1.CCc1cc2ccccc2[cH-]1.[Cl-].[Cl-].[Zr+4]. The maximum absolute atomic E-state index is 3.00. The van der Waals surface area contributed by atoms with Crippen LogP contribution in [-0.2, 0) is 39.0 Å². The third kappa shape index (κ3) is 7.78. The molecule has 4 rings (SSSR count). The van der Waals surface area contributed by atoms with E-state index in [1.807, 2.05) is 0 Å². The van der Waals surface area contributed by atoms with Crippen molar-refractivity contribution in [3.05, 3.63) is 97.1 Å². The molecular formula is C24H26Cl2Zr. The second kappa shape index (κ2) is 14.9. The molecule has 0 amide bonds. The van der Waals surface area contributed by atoms with E-state index in [0.717, 1.165) is 12.8 Å². The van der Waals surface area contributed by atoms with Crippen molar-refractivity contribution in [1.29, 1.82) is 0 Å². The van der Waals surface area contributed by atoms with Crippen molar-refractivity contribution in [3.63, 3.8) is 0 Å². The zero-order valence-electron chi connectivity index (χ0n) is 16.0. The molecule has 0 spiro atoms. The number of halogens is 2. The zero-order chi connectivity index (χ0) is 17.4. The average Bonchev–Trinajstić information content (AvgIpc) is 3.27. The third-order valence-electron chi connectivity index (χ3n) is 4.17. The van der Waals surface area contributed by atoms with Gasteiger partial charge in [-0.3, -0.25) is 0 Å². The van der Waals surface area contributed by atoms with Crippen molar-refractivity contribution in [1.82, 2.24) is 0 Å². The molecule has 0 saturated heterocycles. The second-order valence-corrected chi connectivity index (χ2v) is 5.69. The molecule has 0 aliphatic heterocycles. The molecule has 0 fully saturated rings. The van der Waals surface area contributed by atoms with Gasteiger partial charge < -0.3 is 24.8 Å². The van der Waals surface area contributed by atoms with Gasteiger partial charge in [-0.15, -0.1) is 94.4 Å². The summed E-state index contributed by atoms with van der Waals surface area (Å²) >= 11 is 0. The fraction of sp³-hybridized carbons (Fsp3) is 0.167. The summed E-state index contributed by atoms with van der Waals surface area (Å²) in [4.78, 5) is 0. The Labute approximate surface area is 195 Å². The predicted octanol–water partition coefficient (Wildman–Crippen LogP) is 1.05. The van der Waals surface area contributed by atoms with Gasteiger partial charge in [0, 0.05) is 0 Å². The van der Waals surface area contributed by atoms with Crippen LogP contribution in [0.4, 0.5) is 0 Å². The van der Waals surface area contributed by atoms with E-state index in [1.165, 1.54) is 32.7 Å². The Kier molecular flexibility index (Phi) is 15.5. The molecule has 0 atom stereocenters. The van der Waals surface area contributed by atoms with Crippen molar-refractivity contribution in [2.24, 2.45) is 0 Å². The number of fused-ring (bicyclic) bond motifs is 2. The fourth-order valence-electron chi connectivity index (χ4n) is 2.84. The summed E-state index contributed by atoms with van der Waals surface area (Å²) in [5.41, 5.74) is 2.87. The van der Waals surface area contributed by atoms with Crippen molar-refractivity contribution in [2.75, 3.05) is 0 Å². The quantitative estimate of drug-likeness (QED) is 0.300. The topological polar surface area (TPSA) is 0 Å². The maximum atomic E-state index is 3.00. The molecule has 0 unspecified atom stereocenters. The molecule has 0 heterocycles. The molecule has 0 aliphatic rings. The maximum Gasteiger partial charge on any atom is 4.00 e. The van der Waals surface area contributed by atoms with Crippen molar-refractivity contribution in [3.8, 4) is 0 Å². The molecule has 3 heteroatoms. The Morgan fingerprint density at radius 1 is 0.667 bits per heavy atom. The normalized spacial score (nSPS) is 8.81. The van der Waals surface area contributed by atoms with Crippen molar-refractivity contribution in [2.45, 2.75) is 26.7 Å². The Bertz CT molecular complexity index is 749. The van der Waals surface area contributed by atoms with E-state index in [2.05, 4.69) is 99.8 Å². The molecular weight excluding hydrogens is 450 g/mol. The summed E-state index contributed by atoms with van der Waals surface area (Å²) < 4.78 is 0. The first-order valence-corrected chi connectivity index (χ1v) is 8.59. The van der Waals surface area contributed by atoms with Crippen LogP contribution in [0.15, 0.2) is 86.0 Å². The van der Waals surface area contributed by atoms with Crippen LogP contribution in [0.2, 0.25) is 0 Å². The minimum atomic E-state index is 0. The Balaban J connectivity index is 0. The van der Waals surface area contributed by atoms with Gasteiger partial charge in [0.15, 0.2) is 0 Å². The van der Waals surface area contributed by atoms with Crippen LogP contribution in [0.5, 0.6) is 0 Å². The van der Waals surface area contributed by atoms with Crippen LogP contribution in [0.25, 0.3) is 21.5 Å². The summed E-state index contributed by atoms with van der Waals surface area (Å²) in [7, 11) is 0. The molecule has 0 nitrogen and oxygen atoms in total. The van der Waals surface area contributed by atoms with Crippen molar-refractivity contribution >= 4 is 21.5 Å².